The molecule has 0 bridgehead atoms. The van der Waals surface area contributed by atoms with Gasteiger partial charge in [-0.1, -0.05) is 18.2 Å². The zero-order valence-electron chi connectivity index (χ0n) is 20.8. The molecule has 35 heavy (non-hydrogen) atoms. The van der Waals surface area contributed by atoms with Crippen LogP contribution in [0, 0.1) is 12.7 Å². The molecule has 0 unspecified atom stereocenters. The van der Waals surface area contributed by atoms with Crippen LogP contribution >= 0.6 is 0 Å². The summed E-state index contributed by atoms with van der Waals surface area (Å²) in [4.78, 5) is 13.1. The van der Waals surface area contributed by atoms with Crippen LogP contribution in [-0.2, 0) is 13.0 Å². The third-order valence-corrected chi connectivity index (χ3v) is 6.74. The van der Waals surface area contributed by atoms with Crippen molar-refractivity contribution in [2.75, 3.05) is 50.2 Å². The van der Waals surface area contributed by atoms with Gasteiger partial charge in [-0.05, 0) is 57.1 Å². The molecular weight excluding hydrogens is 441 g/mol. The molecule has 0 saturated heterocycles. The second-order valence-electron chi connectivity index (χ2n) is 9.62. The Bertz CT molecular complexity index is 1390. The topological polar surface area (TPSA) is 75.2 Å². The van der Waals surface area contributed by atoms with Gasteiger partial charge in [-0.3, -0.25) is 0 Å². The van der Waals surface area contributed by atoms with E-state index in [0.29, 0.717) is 17.3 Å². The van der Waals surface area contributed by atoms with E-state index in [1.165, 1.54) is 17.3 Å². The molecule has 4 aromatic rings. The molecule has 3 heterocycles. The van der Waals surface area contributed by atoms with Crippen molar-refractivity contribution in [1.82, 2.24) is 19.4 Å². The number of nitrogen functional groups attached to an aromatic ring is 1. The molecule has 2 aromatic heterocycles. The van der Waals surface area contributed by atoms with Gasteiger partial charge in [0.1, 0.15) is 5.69 Å². The zero-order chi connectivity index (χ0) is 24.7. The minimum atomic E-state index is -0.437. The fraction of sp³-hybridized carbons (Fsp3) is 0.333. The summed E-state index contributed by atoms with van der Waals surface area (Å²) in [6, 6.07) is 10.2. The Morgan fingerprint density at radius 1 is 1.17 bits per heavy atom. The molecule has 3 N–H and O–H groups in total. The maximum atomic E-state index is 15.0. The predicted octanol–water partition coefficient (Wildman–Crippen LogP) is 4.82. The highest BCUT2D eigenvalue weighted by Crippen LogP contribution is 2.36. The first-order valence-electron chi connectivity index (χ1n) is 12.0. The second-order valence-corrected chi connectivity index (χ2v) is 9.62. The Balaban J connectivity index is 1.46. The summed E-state index contributed by atoms with van der Waals surface area (Å²) in [5, 5.41) is 4.28. The molecule has 0 fully saturated rings. The quantitative estimate of drug-likeness (QED) is 0.375. The van der Waals surface area contributed by atoms with Crippen LogP contribution in [0.3, 0.4) is 0 Å². The van der Waals surface area contributed by atoms with E-state index in [0.717, 1.165) is 60.4 Å². The molecule has 0 amide bonds. The average molecular weight is 474 g/mol. The van der Waals surface area contributed by atoms with Gasteiger partial charge in [0.25, 0.3) is 0 Å². The highest BCUT2D eigenvalue weighted by Gasteiger charge is 2.20. The minimum absolute atomic E-state index is 0.302. The van der Waals surface area contributed by atoms with Crippen LogP contribution in [0.15, 0.2) is 42.7 Å². The number of aryl methyl sites for hydroxylation is 3. The van der Waals surface area contributed by atoms with Crippen LogP contribution in [-0.4, -0.2) is 53.7 Å². The summed E-state index contributed by atoms with van der Waals surface area (Å²) < 4.78 is 17.2. The van der Waals surface area contributed by atoms with Crippen molar-refractivity contribution in [3.63, 3.8) is 0 Å². The third-order valence-electron chi connectivity index (χ3n) is 6.74. The van der Waals surface area contributed by atoms with Gasteiger partial charge in [0, 0.05) is 49.5 Å². The van der Waals surface area contributed by atoms with E-state index in [4.69, 9.17) is 5.73 Å². The van der Waals surface area contributed by atoms with Crippen LogP contribution in [0.4, 0.5) is 27.4 Å². The molecule has 0 saturated carbocycles. The lowest BCUT2D eigenvalue weighted by Crippen LogP contribution is -2.29. The van der Waals surface area contributed by atoms with E-state index < -0.39 is 5.82 Å². The molecule has 1 aliphatic heterocycles. The summed E-state index contributed by atoms with van der Waals surface area (Å²) in [5.74, 6) is -0.0992. The van der Waals surface area contributed by atoms with Crippen molar-refractivity contribution in [1.29, 1.82) is 0 Å². The van der Waals surface area contributed by atoms with Crippen molar-refractivity contribution in [2.24, 2.45) is 0 Å². The molecular formula is C27H32FN7. The second kappa shape index (κ2) is 9.19. The molecule has 0 radical (unpaired) electrons. The first-order valence-corrected chi connectivity index (χ1v) is 12.0. The maximum absolute atomic E-state index is 15.0. The molecule has 7 nitrogen and oxygen atoms in total. The highest BCUT2D eigenvalue weighted by atomic mass is 19.1. The molecule has 182 valence electrons. The normalized spacial score (nSPS) is 13.0. The molecule has 0 spiro atoms. The van der Waals surface area contributed by atoms with Crippen LogP contribution in [0.2, 0.25) is 0 Å². The molecule has 8 heteroatoms. The predicted molar refractivity (Wildman–Crippen MR) is 142 cm³/mol. The Morgan fingerprint density at radius 2 is 2.00 bits per heavy atom. The van der Waals surface area contributed by atoms with E-state index >= 15 is 0 Å². The van der Waals surface area contributed by atoms with Crippen molar-refractivity contribution >= 4 is 33.9 Å². The fourth-order valence-corrected chi connectivity index (χ4v) is 4.83. The summed E-state index contributed by atoms with van der Waals surface area (Å²) >= 11 is 0. The van der Waals surface area contributed by atoms with Crippen LogP contribution in [0.5, 0.6) is 0 Å². The minimum Gasteiger partial charge on any atom is -0.397 e. The van der Waals surface area contributed by atoms with Gasteiger partial charge in [-0.15, -0.1) is 0 Å². The van der Waals surface area contributed by atoms with Gasteiger partial charge in [-0.25, -0.2) is 14.4 Å². The number of halogens is 1. The number of rotatable bonds is 7. The Morgan fingerprint density at radius 3 is 2.80 bits per heavy atom. The summed E-state index contributed by atoms with van der Waals surface area (Å²) in [6.07, 6.45) is 5.38. The third kappa shape index (κ3) is 4.41. The monoisotopic (exact) mass is 473 g/mol. The largest absolute Gasteiger partial charge is 0.397 e. The van der Waals surface area contributed by atoms with E-state index in [2.05, 4.69) is 55.9 Å². The van der Waals surface area contributed by atoms with Crippen LogP contribution in [0.1, 0.15) is 17.5 Å². The average Bonchev–Trinajstić information content (AvgIpc) is 3.21. The van der Waals surface area contributed by atoms with Crippen LogP contribution < -0.4 is 16.0 Å². The van der Waals surface area contributed by atoms with E-state index in [9.17, 15) is 4.39 Å². The maximum Gasteiger partial charge on any atom is 0.227 e. The lowest BCUT2D eigenvalue weighted by molar-refractivity contribution is 0.416. The number of hydrogen-bond acceptors (Lipinski definition) is 6. The molecule has 5 rings (SSSR count). The fourth-order valence-electron chi connectivity index (χ4n) is 4.83. The number of benzene rings is 2. The first-order chi connectivity index (χ1) is 16.8. The van der Waals surface area contributed by atoms with Gasteiger partial charge >= 0.3 is 0 Å². The summed E-state index contributed by atoms with van der Waals surface area (Å²) in [5.41, 5.74) is 13.4. The first kappa shape index (κ1) is 23.1. The number of nitrogens with zero attached hydrogens (tertiary/aromatic N) is 5. The van der Waals surface area contributed by atoms with Gasteiger partial charge < -0.3 is 25.4 Å². The lowest BCUT2D eigenvalue weighted by atomic mass is 10.0. The zero-order valence-corrected chi connectivity index (χ0v) is 20.8. The van der Waals surface area contributed by atoms with E-state index in [1.54, 1.807) is 0 Å². The molecule has 1 aliphatic rings. The molecule has 0 atom stereocenters. The number of aromatic nitrogens is 3. The molecule has 0 aliphatic carbocycles. The van der Waals surface area contributed by atoms with Crippen LogP contribution in [0.25, 0.3) is 22.2 Å². The standard InChI is InChI=1S/C27H32FN7/c1-17-13-24(34(4)12-11-33(2)3)22(29)14-23(17)31-27-30-15-21(28)25(32-27)20-16-35-10-6-8-18-7-5-9-19(20)26(18)35/h5,7,9,13-16H,6,8,10-12,29H2,1-4H3,(H,30,31,32). The lowest BCUT2D eigenvalue weighted by Gasteiger charge is -2.24. The van der Waals surface area contributed by atoms with E-state index in [1.807, 2.05) is 38.4 Å². The Labute approximate surface area is 205 Å². The Hall–Kier alpha value is -3.65. The van der Waals surface area contributed by atoms with Crippen molar-refractivity contribution in [3.8, 4) is 11.3 Å². The highest BCUT2D eigenvalue weighted by molar-refractivity contribution is 5.97. The van der Waals surface area contributed by atoms with Gasteiger partial charge in [0.2, 0.25) is 5.95 Å². The SMILES string of the molecule is Cc1cc(N(C)CCN(C)C)c(N)cc1Nc1ncc(F)c(-c2cn3c4c(cccc24)CCC3)n1. The van der Waals surface area contributed by atoms with E-state index in [-0.39, 0.29) is 0 Å². The van der Waals surface area contributed by atoms with Crippen molar-refractivity contribution in [3.05, 3.63) is 59.7 Å². The number of para-hydroxylation sites is 1. The van der Waals surface area contributed by atoms with Crippen molar-refractivity contribution in [2.45, 2.75) is 26.3 Å². The Kier molecular flexibility index (Phi) is 6.06. The van der Waals surface area contributed by atoms with Gasteiger partial charge in [-0.2, -0.15) is 0 Å². The summed E-state index contributed by atoms with van der Waals surface area (Å²) in [6.45, 7) is 4.74. The van der Waals surface area contributed by atoms with Gasteiger partial charge in [0.15, 0.2) is 5.82 Å². The number of nitrogens with one attached hydrogen (secondary N) is 1. The number of hydrogen-bond donors (Lipinski definition) is 2. The van der Waals surface area contributed by atoms with Gasteiger partial charge in [0.05, 0.1) is 23.1 Å². The number of nitrogens with two attached hydrogens (primary N) is 1. The smallest absolute Gasteiger partial charge is 0.227 e. The molecule has 2 aromatic carbocycles. The van der Waals surface area contributed by atoms with Crippen molar-refractivity contribution < 1.29 is 4.39 Å². The summed E-state index contributed by atoms with van der Waals surface area (Å²) in [7, 11) is 6.14. The number of anilines is 4. The number of likely N-dealkylation sites (N-methyl/N-ethyl adjacent to an activating group) is 2.